The fraction of sp³-hybridized carbons (Fsp3) is 0.333. The van der Waals surface area contributed by atoms with Crippen molar-refractivity contribution in [2.45, 2.75) is 26.3 Å². The monoisotopic (exact) mass is 245 g/mol. The van der Waals surface area contributed by atoms with Crippen molar-refractivity contribution in [3.05, 3.63) is 46.2 Å². The van der Waals surface area contributed by atoms with Crippen LogP contribution in [0.5, 0.6) is 0 Å². The molecule has 1 nitrogen and oxygen atoms in total. The maximum Gasteiger partial charge on any atom is 0.0296 e. The van der Waals surface area contributed by atoms with Gasteiger partial charge in [-0.3, -0.25) is 0 Å². The zero-order chi connectivity index (χ0) is 12.1. The molecule has 0 atom stereocenters. The lowest BCUT2D eigenvalue weighted by molar-refractivity contribution is 0.831. The molecule has 0 radical (unpaired) electrons. The van der Waals surface area contributed by atoms with Gasteiger partial charge in [0.15, 0.2) is 0 Å². The molecule has 1 heterocycles. The molecule has 1 aromatic heterocycles. The molecule has 2 aromatic rings. The van der Waals surface area contributed by atoms with Crippen LogP contribution >= 0.6 is 11.3 Å². The third-order valence-corrected chi connectivity index (χ3v) is 3.77. The molecule has 0 aliphatic rings. The topological polar surface area (TPSA) is 12.0 Å². The van der Waals surface area contributed by atoms with Gasteiger partial charge >= 0.3 is 0 Å². The standard InChI is InChI=1S/C15H19NS/c1-3-4-12-5-7-13(8-6-12)14-9-15(10-16-2)17-11-14/h5-9,11,16H,3-4,10H2,1-2H3. The number of hydrogen-bond acceptors (Lipinski definition) is 2. The summed E-state index contributed by atoms with van der Waals surface area (Å²) < 4.78 is 0. The van der Waals surface area contributed by atoms with Crippen molar-refractivity contribution < 1.29 is 0 Å². The molecule has 0 amide bonds. The quantitative estimate of drug-likeness (QED) is 0.836. The van der Waals surface area contributed by atoms with Gasteiger partial charge < -0.3 is 5.32 Å². The summed E-state index contributed by atoms with van der Waals surface area (Å²) in [5.74, 6) is 0. The van der Waals surface area contributed by atoms with Crippen LogP contribution in [0.1, 0.15) is 23.8 Å². The van der Waals surface area contributed by atoms with E-state index in [1.54, 1.807) is 0 Å². The molecule has 2 rings (SSSR count). The molecule has 0 unspecified atom stereocenters. The Morgan fingerprint density at radius 3 is 2.53 bits per heavy atom. The normalized spacial score (nSPS) is 10.7. The van der Waals surface area contributed by atoms with Crippen molar-refractivity contribution in [1.82, 2.24) is 5.32 Å². The Morgan fingerprint density at radius 2 is 1.88 bits per heavy atom. The van der Waals surface area contributed by atoms with Gasteiger partial charge in [-0.1, -0.05) is 37.6 Å². The summed E-state index contributed by atoms with van der Waals surface area (Å²) in [4.78, 5) is 1.39. The number of rotatable bonds is 5. The van der Waals surface area contributed by atoms with Crippen LogP contribution in [0, 0.1) is 0 Å². The van der Waals surface area contributed by atoms with Crippen molar-refractivity contribution in [2.24, 2.45) is 0 Å². The number of thiophene rings is 1. The largest absolute Gasteiger partial charge is 0.315 e. The van der Waals surface area contributed by atoms with E-state index in [9.17, 15) is 0 Å². The minimum atomic E-state index is 0.957. The Labute approximate surface area is 108 Å². The Balaban J connectivity index is 2.15. The van der Waals surface area contributed by atoms with E-state index in [1.165, 1.54) is 34.4 Å². The summed E-state index contributed by atoms with van der Waals surface area (Å²) in [5, 5.41) is 5.42. The van der Waals surface area contributed by atoms with E-state index >= 15 is 0 Å². The maximum atomic E-state index is 3.19. The molecular weight excluding hydrogens is 226 g/mol. The van der Waals surface area contributed by atoms with Crippen molar-refractivity contribution in [2.75, 3.05) is 7.05 Å². The van der Waals surface area contributed by atoms with E-state index in [-0.39, 0.29) is 0 Å². The van der Waals surface area contributed by atoms with Gasteiger partial charge in [0.25, 0.3) is 0 Å². The zero-order valence-corrected chi connectivity index (χ0v) is 11.3. The van der Waals surface area contributed by atoms with E-state index in [0.717, 1.165) is 6.54 Å². The molecule has 0 bridgehead atoms. The van der Waals surface area contributed by atoms with E-state index in [1.807, 2.05) is 18.4 Å². The van der Waals surface area contributed by atoms with Crippen molar-refractivity contribution in [3.63, 3.8) is 0 Å². The molecule has 17 heavy (non-hydrogen) atoms. The molecular formula is C15H19NS. The van der Waals surface area contributed by atoms with Gasteiger partial charge in [0.1, 0.15) is 0 Å². The van der Waals surface area contributed by atoms with Crippen LogP contribution in [0.25, 0.3) is 11.1 Å². The summed E-state index contributed by atoms with van der Waals surface area (Å²) in [6.45, 7) is 3.18. The summed E-state index contributed by atoms with van der Waals surface area (Å²) >= 11 is 1.82. The Kier molecular flexibility index (Phi) is 4.35. The van der Waals surface area contributed by atoms with Crippen LogP contribution in [-0.4, -0.2) is 7.05 Å². The van der Waals surface area contributed by atoms with Gasteiger partial charge in [0.2, 0.25) is 0 Å². The highest BCUT2D eigenvalue weighted by atomic mass is 32.1. The maximum absolute atomic E-state index is 3.19. The average molecular weight is 245 g/mol. The van der Waals surface area contributed by atoms with Gasteiger partial charge in [-0.05, 0) is 41.6 Å². The molecule has 0 saturated heterocycles. The van der Waals surface area contributed by atoms with E-state index in [4.69, 9.17) is 0 Å². The van der Waals surface area contributed by atoms with Gasteiger partial charge in [0, 0.05) is 11.4 Å². The van der Waals surface area contributed by atoms with Crippen molar-refractivity contribution >= 4 is 11.3 Å². The van der Waals surface area contributed by atoms with Crippen LogP contribution < -0.4 is 5.32 Å². The summed E-state index contributed by atoms with van der Waals surface area (Å²) in [6.07, 6.45) is 2.39. The van der Waals surface area contributed by atoms with Crippen LogP contribution in [0.4, 0.5) is 0 Å². The minimum absolute atomic E-state index is 0.957. The third-order valence-electron chi connectivity index (χ3n) is 2.83. The van der Waals surface area contributed by atoms with Crippen LogP contribution in [-0.2, 0) is 13.0 Å². The lowest BCUT2D eigenvalue weighted by atomic mass is 10.0. The predicted molar refractivity (Wildman–Crippen MR) is 76.5 cm³/mol. The Hall–Kier alpha value is -1.12. The summed E-state index contributed by atoms with van der Waals surface area (Å²) in [6, 6.07) is 11.2. The van der Waals surface area contributed by atoms with Crippen LogP contribution in [0.3, 0.4) is 0 Å². The van der Waals surface area contributed by atoms with E-state index < -0.39 is 0 Å². The van der Waals surface area contributed by atoms with Gasteiger partial charge in [-0.2, -0.15) is 0 Å². The fourth-order valence-corrected chi connectivity index (χ4v) is 2.86. The summed E-state index contributed by atoms with van der Waals surface area (Å²) in [5.41, 5.74) is 4.09. The third kappa shape index (κ3) is 3.18. The number of aryl methyl sites for hydroxylation is 1. The first-order valence-electron chi connectivity index (χ1n) is 6.14. The molecule has 0 saturated carbocycles. The SMILES string of the molecule is CCCc1ccc(-c2csc(CNC)c2)cc1. The van der Waals surface area contributed by atoms with Gasteiger partial charge in [-0.25, -0.2) is 0 Å². The molecule has 0 fully saturated rings. The first kappa shape index (κ1) is 12.3. The second-order valence-electron chi connectivity index (χ2n) is 4.28. The number of benzene rings is 1. The molecule has 0 spiro atoms. The van der Waals surface area contributed by atoms with Crippen LogP contribution in [0.2, 0.25) is 0 Å². The smallest absolute Gasteiger partial charge is 0.0296 e. The molecule has 90 valence electrons. The lowest BCUT2D eigenvalue weighted by Crippen LogP contribution is -2.02. The first-order valence-corrected chi connectivity index (χ1v) is 7.02. The molecule has 1 N–H and O–H groups in total. The molecule has 1 aromatic carbocycles. The predicted octanol–water partition coefficient (Wildman–Crippen LogP) is 4.09. The molecule has 0 aliphatic heterocycles. The van der Waals surface area contributed by atoms with Crippen molar-refractivity contribution in [3.8, 4) is 11.1 Å². The van der Waals surface area contributed by atoms with Gasteiger partial charge in [-0.15, -0.1) is 11.3 Å². The van der Waals surface area contributed by atoms with E-state index in [0.29, 0.717) is 0 Å². The number of hydrogen-bond donors (Lipinski definition) is 1. The fourth-order valence-electron chi connectivity index (χ4n) is 1.95. The lowest BCUT2D eigenvalue weighted by Gasteiger charge is -2.01. The summed E-state index contributed by atoms with van der Waals surface area (Å²) in [7, 11) is 1.99. The Morgan fingerprint density at radius 1 is 1.12 bits per heavy atom. The highest BCUT2D eigenvalue weighted by Gasteiger charge is 2.02. The minimum Gasteiger partial charge on any atom is -0.315 e. The second-order valence-corrected chi connectivity index (χ2v) is 5.27. The number of nitrogens with one attached hydrogen (secondary N) is 1. The highest BCUT2D eigenvalue weighted by Crippen LogP contribution is 2.26. The molecule has 0 aliphatic carbocycles. The second kappa shape index (κ2) is 5.99. The van der Waals surface area contributed by atoms with Crippen LogP contribution in [0.15, 0.2) is 35.7 Å². The molecule has 2 heteroatoms. The first-order chi connectivity index (χ1) is 8.33. The zero-order valence-electron chi connectivity index (χ0n) is 10.5. The van der Waals surface area contributed by atoms with Crippen molar-refractivity contribution in [1.29, 1.82) is 0 Å². The van der Waals surface area contributed by atoms with Gasteiger partial charge in [0.05, 0.1) is 0 Å². The van der Waals surface area contributed by atoms with E-state index in [2.05, 4.69) is 48.0 Å². The average Bonchev–Trinajstić information content (AvgIpc) is 2.80. The Bertz CT molecular complexity index is 456. The highest BCUT2D eigenvalue weighted by molar-refractivity contribution is 7.10.